The van der Waals surface area contributed by atoms with Gasteiger partial charge in [0.25, 0.3) is 5.69 Å². The van der Waals surface area contributed by atoms with Crippen molar-refractivity contribution in [2.45, 2.75) is 0 Å². The molecule has 1 aromatic rings. The fourth-order valence-electron chi connectivity index (χ4n) is 0.858. The zero-order valence-electron chi connectivity index (χ0n) is 6.51. The second kappa shape index (κ2) is 3.46. The van der Waals surface area contributed by atoms with E-state index in [2.05, 4.69) is 0 Å². The number of aromatic hydroxyl groups is 1. The Morgan fingerprint density at radius 2 is 1.79 bits per heavy atom. The van der Waals surface area contributed by atoms with Crippen LogP contribution in [-0.2, 0) is 0 Å². The molecule has 0 saturated carbocycles. The van der Waals surface area contributed by atoms with E-state index in [-0.39, 0.29) is 0 Å². The van der Waals surface area contributed by atoms with E-state index in [1.807, 2.05) is 0 Å². The van der Waals surface area contributed by atoms with Crippen molar-refractivity contribution in [3.8, 4) is 5.75 Å². The van der Waals surface area contributed by atoms with Crippen LogP contribution >= 0.6 is 11.6 Å². The highest BCUT2D eigenvalue weighted by Gasteiger charge is 2.27. The number of phenols is 1. The highest BCUT2D eigenvalue weighted by atomic mass is 35.5. The van der Waals surface area contributed by atoms with Gasteiger partial charge < -0.3 is 5.11 Å². The van der Waals surface area contributed by atoms with Gasteiger partial charge in [-0.3, -0.25) is 20.2 Å². The number of hydrogen-bond donors (Lipinski definition) is 1. The molecule has 1 rings (SSSR count). The summed E-state index contributed by atoms with van der Waals surface area (Å²) in [6.07, 6.45) is 0. The zero-order valence-corrected chi connectivity index (χ0v) is 7.26. The van der Waals surface area contributed by atoms with Crippen LogP contribution in [0.3, 0.4) is 0 Å². The van der Waals surface area contributed by atoms with Crippen LogP contribution in [0.15, 0.2) is 12.1 Å². The Labute approximate surface area is 81.8 Å². The first-order valence-corrected chi connectivity index (χ1v) is 3.63. The van der Waals surface area contributed by atoms with E-state index in [4.69, 9.17) is 16.7 Å². The molecule has 0 aliphatic rings. The first kappa shape index (κ1) is 10.2. The Balaban J connectivity index is 3.49. The first-order valence-electron chi connectivity index (χ1n) is 3.25. The lowest BCUT2D eigenvalue weighted by Gasteiger charge is -1.98. The van der Waals surface area contributed by atoms with E-state index in [0.717, 1.165) is 12.1 Å². The highest BCUT2D eigenvalue weighted by molar-refractivity contribution is 6.35. The molecule has 8 heteroatoms. The predicted octanol–water partition coefficient (Wildman–Crippen LogP) is 1.86. The van der Waals surface area contributed by atoms with Gasteiger partial charge in [0.2, 0.25) is 0 Å². The largest absolute Gasteiger partial charge is 0.502 e. The summed E-state index contributed by atoms with van der Waals surface area (Å²) in [4.78, 5) is 18.8. The van der Waals surface area contributed by atoms with E-state index >= 15 is 0 Å². The summed E-state index contributed by atoms with van der Waals surface area (Å²) in [6, 6.07) is 1.74. The molecule has 7 nitrogen and oxygen atoms in total. The maximum Gasteiger partial charge on any atom is 0.336 e. The van der Waals surface area contributed by atoms with Crippen LogP contribution in [0.2, 0.25) is 5.02 Å². The fraction of sp³-hybridized carbons (Fsp3) is 0. The molecular formula is C6H3ClN2O5. The van der Waals surface area contributed by atoms with Gasteiger partial charge in [0.05, 0.1) is 9.85 Å². The third kappa shape index (κ3) is 1.57. The maximum absolute atomic E-state index is 10.4. The average Bonchev–Trinajstić information content (AvgIpc) is 2.02. The first-order chi connectivity index (χ1) is 6.45. The van der Waals surface area contributed by atoms with Crippen LogP contribution < -0.4 is 0 Å². The molecule has 1 aromatic carbocycles. The quantitative estimate of drug-likeness (QED) is 0.602. The van der Waals surface area contributed by atoms with Crippen molar-refractivity contribution >= 4 is 23.0 Å². The molecule has 0 fully saturated rings. The van der Waals surface area contributed by atoms with Crippen LogP contribution in [-0.4, -0.2) is 15.0 Å². The molecular weight excluding hydrogens is 216 g/mol. The van der Waals surface area contributed by atoms with Crippen molar-refractivity contribution in [1.29, 1.82) is 0 Å². The van der Waals surface area contributed by atoms with Gasteiger partial charge in [-0.05, 0) is 6.07 Å². The molecule has 0 bridgehead atoms. The Morgan fingerprint density at radius 3 is 2.21 bits per heavy atom. The molecule has 0 heterocycles. The normalized spacial score (nSPS) is 9.79. The van der Waals surface area contributed by atoms with Gasteiger partial charge in [0.15, 0.2) is 10.8 Å². The minimum atomic E-state index is -0.981. The van der Waals surface area contributed by atoms with Crippen molar-refractivity contribution < 1.29 is 15.0 Å². The zero-order chi connectivity index (χ0) is 10.9. The Kier molecular flexibility index (Phi) is 2.52. The SMILES string of the molecule is O=[N+]([O-])c1ccc(O)c([N+](=O)[O-])c1Cl. The van der Waals surface area contributed by atoms with Crippen molar-refractivity contribution in [2.24, 2.45) is 0 Å². The second-order valence-electron chi connectivity index (χ2n) is 2.28. The number of hydrogen-bond acceptors (Lipinski definition) is 5. The number of nitro benzene ring substituents is 2. The van der Waals surface area contributed by atoms with Crippen LogP contribution in [0.25, 0.3) is 0 Å². The van der Waals surface area contributed by atoms with E-state index in [1.54, 1.807) is 0 Å². The molecule has 0 amide bonds. The van der Waals surface area contributed by atoms with Crippen molar-refractivity contribution in [3.05, 3.63) is 37.4 Å². The monoisotopic (exact) mass is 218 g/mol. The molecule has 0 spiro atoms. The molecule has 0 aliphatic carbocycles. The summed E-state index contributed by atoms with van der Waals surface area (Å²) in [5, 5.41) is 29.0. The summed E-state index contributed by atoms with van der Waals surface area (Å²) in [5.74, 6) is -0.703. The molecule has 0 unspecified atom stereocenters. The lowest BCUT2D eigenvalue weighted by Crippen LogP contribution is -1.94. The van der Waals surface area contributed by atoms with Gasteiger partial charge in [0.1, 0.15) is 0 Å². The number of halogens is 1. The Morgan fingerprint density at radius 1 is 1.21 bits per heavy atom. The van der Waals surface area contributed by atoms with Crippen molar-refractivity contribution in [1.82, 2.24) is 0 Å². The summed E-state index contributed by atoms with van der Waals surface area (Å²) >= 11 is 5.36. The molecule has 0 atom stereocenters. The third-order valence-electron chi connectivity index (χ3n) is 1.45. The van der Waals surface area contributed by atoms with E-state index < -0.39 is 32.0 Å². The summed E-state index contributed by atoms with van der Waals surface area (Å²) in [5.41, 5.74) is -1.47. The minimum Gasteiger partial charge on any atom is -0.502 e. The topological polar surface area (TPSA) is 107 Å². The van der Waals surface area contributed by atoms with E-state index in [0.29, 0.717) is 0 Å². The highest BCUT2D eigenvalue weighted by Crippen LogP contribution is 2.39. The van der Waals surface area contributed by atoms with Crippen molar-refractivity contribution in [2.75, 3.05) is 0 Å². The lowest BCUT2D eigenvalue weighted by atomic mass is 10.2. The number of benzene rings is 1. The number of rotatable bonds is 2. The second-order valence-corrected chi connectivity index (χ2v) is 2.66. The van der Waals surface area contributed by atoms with Gasteiger partial charge >= 0.3 is 5.69 Å². The predicted molar refractivity (Wildman–Crippen MR) is 46.4 cm³/mol. The van der Waals surface area contributed by atoms with Gasteiger partial charge in [0, 0.05) is 6.07 Å². The van der Waals surface area contributed by atoms with Gasteiger partial charge in [-0.2, -0.15) is 0 Å². The standard InChI is InChI=1S/C6H3ClN2O5/c7-5-3(8(11)12)1-2-4(10)6(5)9(13)14/h1-2,10H. The molecule has 0 radical (unpaired) electrons. The molecule has 0 aromatic heterocycles. The van der Waals surface area contributed by atoms with Crippen LogP contribution in [0, 0.1) is 20.2 Å². The molecule has 74 valence electrons. The molecule has 1 N–H and O–H groups in total. The Hall–Kier alpha value is -1.89. The fourth-order valence-corrected chi connectivity index (χ4v) is 1.16. The minimum absolute atomic E-state index is 0.615. The van der Waals surface area contributed by atoms with Crippen LogP contribution in [0.4, 0.5) is 11.4 Å². The van der Waals surface area contributed by atoms with Crippen LogP contribution in [0.5, 0.6) is 5.75 Å². The number of nitro groups is 2. The van der Waals surface area contributed by atoms with E-state index in [1.165, 1.54) is 0 Å². The average molecular weight is 219 g/mol. The summed E-state index contributed by atoms with van der Waals surface area (Å²) < 4.78 is 0. The number of nitrogens with zero attached hydrogens (tertiary/aromatic N) is 2. The summed E-state index contributed by atoms with van der Waals surface area (Å²) in [6.45, 7) is 0. The molecule has 0 saturated heterocycles. The van der Waals surface area contributed by atoms with Gasteiger partial charge in [-0.1, -0.05) is 11.6 Å². The molecule has 14 heavy (non-hydrogen) atoms. The van der Waals surface area contributed by atoms with Gasteiger partial charge in [-0.15, -0.1) is 0 Å². The summed E-state index contributed by atoms with van der Waals surface area (Å²) in [7, 11) is 0. The maximum atomic E-state index is 10.4. The Bertz CT molecular complexity index is 419. The molecule has 0 aliphatic heterocycles. The number of phenolic OH excluding ortho intramolecular Hbond substituents is 1. The van der Waals surface area contributed by atoms with E-state index in [9.17, 15) is 20.2 Å². The van der Waals surface area contributed by atoms with Crippen molar-refractivity contribution in [3.63, 3.8) is 0 Å². The lowest BCUT2D eigenvalue weighted by molar-refractivity contribution is -0.394. The third-order valence-corrected chi connectivity index (χ3v) is 1.83. The van der Waals surface area contributed by atoms with Gasteiger partial charge in [-0.25, -0.2) is 0 Å². The smallest absolute Gasteiger partial charge is 0.336 e. The van der Waals surface area contributed by atoms with Crippen LogP contribution in [0.1, 0.15) is 0 Å².